The van der Waals surface area contributed by atoms with E-state index in [1.54, 1.807) is 13.1 Å². The predicted molar refractivity (Wildman–Crippen MR) is 122 cm³/mol. The van der Waals surface area contributed by atoms with Gasteiger partial charge in [-0.1, -0.05) is 5.16 Å². The number of hydrogen-bond donors (Lipinski definition) is 1. The Hall–Kier alpha value is -0.730. The van der Waals surface area contributed by atoms with Gasteiger partial charge < -0.3 is 14.7 Å². The van der Waals surface area contributed by atoms with Gasteiger partial charge in [0.05, 0.1) is 5.69 Å². The second-order valence-electron chi connectivity index (χ2n) is 7.27. The van der Waals surface area contributed by atoms with Crippen molar-refractivity contribution in [3.05, 3.63) is 18.0 Å². The highest BCUT2D eigenvalue weighted by atomic mass is 127. The molecular formula is C16H30IN5O4S2. The average Bonchev–Trinajstić information content (AvgIpc) is 3.10. The summed E-state index contributed by atoms with van der Waals surface area (Å²) in [6.07, 6.45) is 1.37. The van der Waals surface area contributed by atoms with Gasteiger partial charge in [0.15, 0.2) is 5.96 Å². The number of rotatable bonds is 6. The SMILES string of the molecule is CN=C(NCCS(=O)C(C)(C)C)N1CCN(S(=O)(=O)Cc2ccon2)CC1.I. The fraction of sp³-hybridized carbons (Fsp3) is 0.750. The first-order valence-corrected chi connectivity index (χ1v) is 11.8. The van der Waals surface area contributed by atoms with Crippen LogP contribution in [0.2, 0.25) is 0 Å². The molecule has 162 valence electrons. The molecule has 12 heteroatoms. The topological polar surface area (TPSA) is 108 Å². The maximum Gasteiger partial charge on any atom is 0.220 e. The molecule has 1 fully saturated rings. The summed E-state index contributed by atoms with van der Waals surface area (Å²) >= 11 is 0. The van der Waals surface area contributed by atoms with Gasteiger partial charge in [-0.2, -0.15) is 4.31 Å². The van der Waals surface area contributed by atoms with Crippen molar-refractivity contribution in [2.45, 2.75) is 31.3 Å². The van der Waals surface area contributed by atoms with E-state index in [2.05, 4.69) is 15.5 Å². The van der Waals surface area contributed by atoms with Crippen molar-refractivity contribution in [2.24, 2.45) is 4.99 Å². The summed E-state index contributed by atoms with van der Waals surface area (Å²) in [6.45, 7) is 8.27. The van der Waals surface area contributed by atoms with Crippen LogP contribution in [-0.4, -0.2) is 83.2 Å². The highest BCUT2D eigenvalue weighted by molar-refractivity contribution is 14.0. The molecule has 0 amide bonds. The Morgan fingerprint density at radius 2 is 1.96 bits per heavy atom. The first-order chi connectivity index (χ1) is 12.6. The van der Waals surface area contributed by atoms with Gasteiger partial charge in [-0.05, 0) is 20.8 Å². The van der Waals surface area contributed by atoms with Crippen molar-refractivity contribution >= 4 is 50.8 Å². The third-order valence-corrected chi connectivity index (χ3v) is 7.97. The van der Waals surface area contributed by atoms with E-state index >= 15 is 0 Å². The Morgan fingerprint density at radius 1 is 1.32 bits per heavy atom. The van der Waals surface area contributed by atoms with Gasteiger partial charge in [0.1, 0.15) is 12.0 Å². The molecule has 9 nitrogen and oxygen atoms in total. The minimum Gasteiger partial charge on any atom is -0.364 e. The molecule has 1 aromatic rings. The first kappa shape index (κ1) is 25.3. The lowest BCUT2D eigenvalue weighted by Gasteiger charge is -2.35. The van der Waals surface area contributed by atoms with Crippen LogP contribution >= 0.6 is 24.0 Å². The lowest BCUT2D eigenvalue weighted by molar-refractivity contribution is 0.260. The van der Waals surface area contributed by atoms with Gasteiger partial charge in [-0.15, -0.1) is 24.0 Å². The van der Waals surface area contributed by atoms with Gasteiger partial charge in [0, 0.05) is 67.1 Å². The van der Waals surface area contributed by atoms with E-state index in [1.165, 1.54) is 10.6 Å². The van der Waals surface area contributed by atoms with E-state index in [-0.39, 0.29) is 34.5 Å². The number of halogens is 1. The first-order valence-electron chi connectivity index (χ1n) is 8.84. The molecule has 1 aliphatic rings. The number of hydrogen-bond acceptors (Lipinski definition) is 6. The smallest absolute Gasteiger partial charge is 0.220 e. The number of nitrogens with one attached hydrogen (secondary N) is 1. The lowest BCUT2D eigenvalue weighted by atomic mass is 10.3. The normalized spacial score (nSPS) is 17.9. The predicted octanol–water partition coefficient (Wildman–Crippen LogP) is 0.863. The summed E-state index contributed by atoms with van der Waals surface area (Å²) in [6, 6.07) is 1.56. The van der Waals surface area contributed by atoms with E-state index in [1.807, 2.05) is 25.7 Å². The molecule has 28 heavy (non-hydrogen) atoms. The van der Waals surface area contributed by atoms with Crippen LogP contribution in [0.5, 0.6) is 0 Å². The fourth-order valence-corrected chi connectivity index (χ4v) is 4.99. The Labute approximate surface area is 186 Å². The van der Waals surface area contributed by atoms with Gasteiger partial charge in [0.25, 0.3) is 0 Å². The molecule has 0 spiro atoms. The van der Waals surface area contributed by atoms with Crippen LogP contribution in [0.4, 0.5) is 0 Å². The number of guanidine groups is 1. The minimum absolute atomic E-state index is 0. The van der Waals surface area contributed by atoms with E-state index in [0.717, 1.165) is 0 Å². The highest BCUT2D eigenvalue weighted by Crippen LogP contribution is 2.13. The summed E-state index contributed by atoms with van der Waals surface area (Å²) in [5.41, 5.74) is 0.404. The maximum absolute atomic E-state index is 12.5. The standard InChI is InChI=1S/C16H29N5O4S2.HI/c1-16(2,3)26(22)12-6-18-15(17-4)20-7-9-21(10-8-20)27(23,24)13-14-5-11-25-19-14;/h5,11H,6-10,12-13H2,1-4H3,(H,17,18);1H. The van der Waals surface area contributed by atoms with Crippen LogP contribution in [-0.2, 0) is 26.6 Å². The number of sulfonamides is 1. The van der Waals surface area contributed by atoms with Crippen LogP contribution in [0.25, 0.3) is 0 Å². The monoisotopic (exact) mass is 547 g/mol. The molecule has 0 bridgehead atoms. The zero-order valence-electron chi connectivity index (χ0n) is 16.8. The Morgan fingerprint density at radius 3 is 2.46 bits per heavy atom. The molecule has 1 atom stereocenters. The number of aromatic nitrogens is 1. The van der Waals surface area contributed by atoms with Crippen molar-refractivity contribution in [3.8, 4) is 0 Å². The summed E-state index contributed by atoms with van der Waals surface area (Å²) in [5, 5.41) is 6.90. The molecule has 1 unspecified atom stereocenters. The van der Waals surface area contributed by atoms with Crippen molar-refractivity contribution in [1.29, 1.82) is 0 Å². The third-order valence-electron chi connectivity index (χ3n) is 4.22. The molecule has 0 saturated carbocycles. The average molecular weight is 547 g/mol. The fourth-order valence-electron chi connectivity index (χ4n) is 2.66. The highest BCUT2D eigenvalue weighted by Gasteiger charge is 2.29. The largest absolute Gasteiger partial charge is 0.364 e. The Bertz CT molecular complexity index is 754. The summed E-state index contributed by atoms with van der Waals surface area (Å²) < 4.78 is 43.0. The number of nitrogens with zero attached hydrogens (tertiary/aromatic N) is 4. The van der Waals surface area contributed by atoms with Gasteiger partial charge in [-0.3, -0.25) is 9.20 Å². The van der Waals surface area contributed by atoms with E-state index < -0.39 is 20.8 Å². The molecule has 1 aliphatic heterocycles. The molecule has 1 N–H and O–H groups in total. The third kappa shape index (κ3) is 7.26. The molecule has 1 saturated heterocycles. The zero-order chi connectivity index (χ0) is 20.1. The molecule has 0 aromatic carbocycles. The van der Waals surface area contributed by atoms with Gasteiger partial charge >= 0.3 is 0 Å². The molecule has 1 aromatic heterocycles. The second-order valence-corrected chi connectivity index (χ2v) is 11.6. The number of piperazine rings is 1. The summed E-state index contributed by atoms with van der Waals surface area (Å²) in [7, 11) is -2.66. The summed E-state index contributed by atoms with van der Waals surface area (Å²) in [5.74, 6) is 1.08. The van der Waals surface area contributed by atoms with Crippen LogP contribution < -0.4 is 5.32 Å². The second kappa shape index (κ2) is 10.9. The van der Waals surface area contributed by atoms with Crippen molar-refractivity contribution < 1.29 is 17.1 Å². The number of aliphatic imine (C=N–C) groups is 1. The Kier molecular flexibility index (Phi) is 9.83. The molecule has 0 radical (unpaired) electrons. The van der Waals surface area contributed by atoms with E-state index in [0.29, 0.717) is 50.1 Å². The molecular weight excluding hydrogens is 517 g/mol. The molecule has 2 rings (SSSR count). The molecule has 0 aliphatic carbocycles. The van der Waals surface area contributed by atoms with Gasteiger partial charge in [-0.25, -0.2) is 8.42 Å². The van der Waals surface area contributed by atoms with Gasteiger partial charge in [0.2, 0.25) is 10.0 Å². The molecule has 2 heterocycles. The van der Waals surface area contributed by atoms with Crippen LogP contribution in [0.3, 0.4) is 0 Å². The Balaban J connectivity index is 0.00000392. The van der Waals surface area contributed by atoms with Crippen molar-refractivity contribution in [3.63, 3.8) is 0 Å². The minimum atomic E-state index is -3.42. The van der Waals surface area contributed by atoms with Crippen LogP contribution in [0.1, 0.15) is 26.5 Å². The van der Waals surface area contributed by atoms with Crippen molar-refractivity contribution in [1.82, 2.24) is 19.7 Å². The maximum atomic E-state index is 12.5. The van der Waals surface area contributed by atoms with E-state index in [4.69, 9.17) is 4.52 Å². The quantitative estimate of drug-likeness (QED) is 0.320. The summed E-state index contributed by atoms with van der Waals surface area (Å²) in [4.78, 5) is 6.28. The zero-order valence-corrected chi connectivity index (χ0v) is 20.7. The van der Waals surface area contributed by atoms with Crippen molar-refractivity contribution in [2.75, 3.05) is 45.5 Å². The van der Waals surface area contributed by atoms with Crippen LogP contribution in [0.15, 0.2) is 21.8 Å². The lowest BCUT2D eigenvalue weighted by Crippen LogP contribution is -2.54. The van der Waals surface area contributed by atoms with Crippen LogP contribution in [0, 0.1) is 0 Å². The van der Waals surface area contributed by atoms with E-state index in [9.17, 15) is 12.6 Å².